The highest BCUT2D eigenvalue weighted by Crippen LogP contribution is 2.31. The van der Waals surface area contributed by atoms with Crippen LogP contribution in [0.2, 0.25) is 0 Å². The molecule has 3 aromatic rings. The third kappa shape index (κ3) is 7.97. The first kappa shape index (κ1) is 31.9. The van der Waals surface area contributed by atoms with E-state index in [2.05, 4.69) is 29.9 Å². The highest BCUT2D eigenvalue weighted by atomic mass is 32.2. The van der Waals surface area contributed by atoms with Gasteiger partial charge in [0.2, 0.25) is 0 Å². The minimum atomic E-state index is -5.08. The number of alkyl halides is 3. The zero-order valence-corrected chi connectivity index (χ0v) is 23.3. The number of carbonyl (C=O) groups is 3. The lowest BCUT2D eigenvalue weighted by molar-refractivity contribution is -0.192. The molecule has 1 aliphatic heterocycles. The molecule has 0 spiro atoms. The van der Waals surface area contributed by atoms with Gasteiger partial charge in [-0.05, 0) is 67.3 Å². The van der Waals surface area contributed by atoms with Gasteiger partial charge >= 0.3 is 18.1 Å². The Labute approximate surface area is 240 Å². The summed E-state index contributed by atoms with van der Waals surface area (Å²) in [4.78, 5) is 34.3. The lowest BCUT2D eigenvalue weighted by atomic mass is 9.95. The Bertz CT molecular complexity index is 1630. The van der Waals surface area contributed by atoms with Gasteiger partial charge in [0.05, 0.1) is 16.1 Å². The number of aryl methyl sites for hydroxylation is 1. The fourth-order valence-electron chi connectivity index (χ4n) is 4.20. The molecule has 0 unspecified atom stereocenters. The van der Waals surface area contributed by atoms with Crippen molar-refractivity contribution in [2.75, 3.05) is 22.7 Å². The Kier molecular flexibility index (Phi) is 9.79. The molecule has 222 valence electrons. The number of sulfonamides is 1. The molecule has 3 aromatic carbocycles. The number of rotatable bonds is 7. The van der Waals surface area contributed by atoms with Crippen LogP contribution in [0.4, 0.5) is 24.5 Å². The summed E-state index contributed by atoms with van der Waals surface area (Å²) in [5, 5.41) is 17.0. The van der Waals surface area contributed by atoms with Crippen LogP contribution in [0.25, 0.3) is 5.57 Å². The molecule has 0 fully saturated rings. The summed E-state index contributed by atoms with van der Waals surface area (Å²) in [6, 6.07) is 18.3. The van der Waals surface area contributed by atoms with Crippen molar-refractivity contribution in [3.05, 3.63) is 95.1 Å². The largest absolute Gasteiger partial charge is 0.490 e. The van der Waals surface area contributed by atoms with Gasteiger partial charge in [0.25, 0.3) is 10.0 Å². The maximum absolute atomic E-state index is 12.8. The maximum atomic E-state index is 12.8. The molecule has 0 radical (unpaired) electrons. The van der Waals surface area contributed by atoms with E-state index in [1.54, 1.807) is 12.1 Å². The van der Waals surface area contributed by atoms with E-state index in [1.165, 1.54) is 54.0 Å². The predicted octanol–water partition coefficient (Wildman–Crippen LogP) is 5.62. The fourth-order valence-corrected chi connectivity index (χ4v) is 5.24. The molecule has 4 rings (SSSR count). The molecule has 0 amide bonds. The van der Waals surface area contributed by atoms with Gasteiger partial charge in [0.15, 0.2) is 5.78 Å². The SMILES string of the molecule is CC(=O)c1ccc(S(=O)(=O)Nc2ccc(N3CC=C(c4ccccc4C)CC3)c(C(=O)O)c2)cc1.O=C(O)C(F)(F)F. The second-order valence-corrected chi connectivity index (χ2v) is 10.9. The molecule has 9 nitrogen and oxygen atoms in total. The van der Waals surface area contributed by atoms with Gasteiger partial charge < -0.3 is 15.1 Å². The number of halogens is 3. The van der Waals surface area contributed by atoms with E-state index in [0.717, 1.165) is 6.42 Å². The van der Waals surface area contributed by atoms with Crippen molar-refractivity contribution < 1.29 is 46.2 Å². The first-order valence-corrected chi connectivity index (χ1v) is 13.9. The van der Waals surface area contributed by atoms with Gasteiger partial charge in [-0.3, -0.25) is 9.52 Å². The molecule has 0 aliphatic carbocycles. The average Bonchev–Trinajstić information content (AvgIpc) is 2.93. The number of benzene rings is 3. The molecule has 0 saturated heterocycles. The summed E-state index contributed by atoms with van der Waals surface area (Å²) < 4.78 is 59.7. The highest BCUT2D eigenvalue weighted by molar-refractivity contribution is 7.92. The monoisotopic (exact) mass is 604 g/mol. The summed E-state index contributed by atoms with van der Waals surface area (Å²) in [5.74, 6) is -4.06. The fraction of sp³-hybridized carbons (Fsp3) is 0.207. The number of Topliss-reactive ketones (excluding diaryl/α,β-unsaturated/α-hetero) is 1. The summed E-state index contributed by atoms with van der Waals surface area (Å²) in [7, 11) is -3.96. The first-order chi connectivity index (χ1) is 19.6. The summed E-state index contributed by atoms with van der Waals surface area (Å²) in [6.07, 6.45) is -2.20. The van der Waals surface area contributed by atoms with E-state index in [9.17, 15) is 36.3 Å². The number of ketones is 1. The van der Waals surface area contributed by atoms with E-state index >= 15 is 0 Å². The molecule has 0 atom stereocenters. The standard InChI is InChI=1S/C27H26N2O5S.C2HF3O2/c1-18-5-3-4-6-24(18)21-13-15-29(16-14-21)26-12-9-22(17-25(26)27(31)32)28-35(33,34)23-10-7-20(8-11-23)19(2)30;3-2(4,5)1(6)7/h3-13,17,28H,14-16H2,1-2H3,(H,31,32);(H,6,7). The van der Waals surface area contributed by atoms with Crippen molar-refractivity contribution >= 4 is 44.7 Å². The minimum absolute atomic E-state index is 0.0184. The van der Waals surface area contributed by atoms with Crippen LogP contribution in [-0.2, 0) is 14.8 Å². The van der Waals surface area contributed by atoms with Crippen LogP contribution in [-0.4, -0.2) is 55.6 Å². The zero-order chi connectivity index (χ0) is 31.2. The second kappa shape index (κ2) is 12.9. The molecule has 0 bridgehead atoms. The van der Waals surface area contributed by atoms with Crippen molar-refractivity contribution in [2.24, 2.45) is 0 Å². The lowest BCUT2D eigenvalue weighted by Gasteiger charge is -2.30. The smallest absolute Gasteiger partial charge is 0.478 e. The highest BCUT2D eigenvalue weighted by Gasteiger charge is 2.38. The van der Waals surface area contributed by atoms with Crippen LogP contribution in [0.5, 0.6) is 0 Å². The number of carboxylic acid groups (broad SMARTS) is 2. The molecular formula is C29H27F3N2O7S. The van der Waals surface area contributed by atoms with Crippen LogP contribution < -0.4 is 9.62 Å². The molecule has 3 N–H and O–H groups in total. The Morgan fingerprint density at radius 3 is 2.07 bits per heavy atom. The summed E-state index contributed by atoms with van der Waals surface area (Å²) in [6.45, 7) is 4.67. The number of aromatic carboxylic acids is 1. The molecular weight excluding hydrogens is 577 g/mol. The van der Waals surface area contributed by atoms with Crippen LogP contribution in [0, 0.1) is 6.92 Å². The van der Waals surface area contributed by atoms with Crippen LogP contribution >= 0.6 is 0 Å². The Hall–Kier alpha value is -4.65. The molecule has 13 heteroatoms. The van der Waals surface area contributed by atoms with Crippen molar-refractivity contribution in [2.45, 2.75) is 31.3 Å². The Balaban J connectivity index is 0.000000616. The number of nitrogens with zero attached hydrogens (tertiary/aromatic N) is 1. The average molecular weight is 605 g/mol. The topological polar surface area (TPSA) is 141 Å². The van der Waals surface area contributed by atoms with Crippen LogP contribution in [0.15, 0.2) is 77.7 Å². The van der Waals surface area contributed by atoms with Gasteiger partial charge in [0.1, 0.15) is 0 Å². The molecule has 0 aromatic heterocycles. The maximum Gasteiger partial charge on any atom is 0.490 e. The van der Waals surface area contributed by atoms with Crippen molar-refractivity contribution in [1.82, 2.24) is 0 Å². The Morgan fingerprint density at radius 2 is 1.57 bits per heavy atom. The number of carboxylic acids is 2. The van der Waals surface area contributed by atoms with Gasteiger partial charge in [-0.25, -0.2) is 18.0 Å². The van der Waals surface area contributed by atoms with E-state index < -0.39 is 28.1 Å². The number of hydrogen-bond donors (Lipinski definition) is 3. The molecule has 42 heavy (non-hydrogen) atoms. The molecule has 1 aliphatic rings. The number of nitrogens with one attached hydrogen (secondary N) is 1. The van der Waals surface area contributed by atoms with Crippen LogP contribution in [0.1, 0.15) is 45.2 Å². The van der Waals surface area contributed by atoms with E-state index in [1.807, 2.05) is 17.0 Å². The van der Waals surface area contributed by atoms with Crippen molar-refractivity contribution in [3.63, 3.8) is 0 Å². The van der Waals surface area contributed by atoms with Crippen molar-refractivity contribution in [1.29, 1.82) is 0 Å². The first-order valence-electron chi connectivity index (χ1n) is 12.4. The van der Waals surface area contributed by atoms with E-state index in [-0.39, 0.29) is 21.9 Å². The third-order valence-electron chi connectivity index (χ3n) is 6.33. The Morgan fingerprint density at radius 1 is 0.952 bits per heavy atom. The number of aliphatic carboxylic acids is 1. The number of anilines is 2. The number of hydrogen-bond acceptors (Lipinski definition) is 6. The van der Waals surface area contributed by atoms with Crippen LogP contribution in [0.3, 0.4) is 0 Å². The van der Waals surface area contributed by atoms with Gasteiger partial charge in [0, 0.05) is 24.3 Å². The van der Waals surface area contributed by atoms with Gasteiger partial charge in [-0.1, -0.05) is 42.5 Å². The molecule has 1 heterocycles. The third-order valence-corrected chi connectivity index (χ3v) is 7.73. The second-order valence-electron chi connectivity index (χ2n) is 9.27. The predicted molar refractivity (Wildman–Crippen MR) is 150 cm³/mol. The quantitative estimate of drug-likeness (QED) is 0.295. The minimum Gasteiger partial charge on any atom is -0.478 e. The summed E-state index contributed by atoms with van der Waals surface area (Å²) >= 11 is 0. The van der Waals surface area contributed by atoms with Gasteiger partial charge in [-0.15, -0.1) is 0 Å². The van der Waals surface area contributed by atoms with E-state index in [4.69, 9.17) is 9.90 Å². The zero-order valence-electron chi connectivity index (χ0n) is 22.5. The summed E-state index contributed by atoms with van der Waals surface area (Å²) in [5.41, 5.74) is 4.74. The number of carbonyl (C=O) groups excluding carboxylic acids is 1. The van der Waals surface area contributed by atoms with Gasteiger partial charge in [-0.2, -0.15) is 13.2 Å². The van der Waals surface area contributed by atoms with E-state index in [0.29, 0.717) is 24.3 Å². The normalized spacial score (nSPS) is 13.4. The lowest BCUT2D eigenvalue weighted by Crippen LogP contribution is -2.30. The molecule has 0 saturated carbocycles. The van der Waals surface area contributed by atoms with Crippen molar-refractivity contribution in [3.8, 4) is 0 Å².